The van der Waals surface area contributed by atoms with Gasteiger partial charge in [0.05, 0.1) is 0 Å². The highest BCUT2D eigenvalue weighted by molar-refractivity contribution is 5.38. The monoisotopic (exact) mass is 285 g/mol. The van der Waals surface area contributed by atoms with Crippen LogP contribution in [0.15, 0.2) is 48.5 Å². The van der Waals surface area contributed by atoms with E-state index in [0.29, 0.717) is 11.7 Å². The summed E-state index contributed by atoms with van der Waals surface area (Å²) in [6.07, 6.45) is 3.43. The zero-order valence-electron chi connectivity index (χ0n) is 12.0. The second-order valence-electron chi connectivity index (χ2n) is 5.56. The third-order valence-corrected chi connectivity index (χ3v) is 3.96. The molecular formula is C18H20FNO. The predicted molar refractivity (Wildman–Crippen MR) is 82.2 cm³/mol. The molecule has 0 saturated carbocycles. The molecule has 1 heterocycles. The molecule has 0 atom stereocenters. The summed E-state index contributed by atoms with van der Waals surface area (Å²) in [5.74, 6) is 1.81. The molecule has 0 aromatic heterocycles. The van der Waals surface area contributed by atoms with Crippen molar-refractivity contribution in [3.05, 3.63) is 59.9 Å². The first-order chi connectivity index (χ1) is 10.3. The maximum absolute atomic E-state index is 13.3. The fraction of sp³-hybridized carbons (Fsp3) is 0.333. The summed E-state index contributed by atoms with van der Waals surface area (Å²) in [5.41, 5.74) is 1.20. The van der Waals surface area contributed by atoms with Crippen molar-refractivity contribution < 1.29 is 9.13 Å². The van der Waals surface area contributed by atoms with E-state index in [2.05, 4.69) is 11.4 Å². The number of hydrogen-bond donors (Lipinski definition) is 1. The molecule has 0 spiro atoms. The molecule has 0 aliphatic carbocycles. The van der Waals surface area contributed by atoms with E-state index in [0.717, 1.165) is 25.3 Å². The fourth-order valence-corrected chi connectivity index (χ4v) is 2.83. The first kappa shape index (κ1) is 14.1. The van der Waals surface area contributed by atoms with Crippen molar-refractivity contribution in [2.75, 3.05) is 13.1 Å². The average molecular weight is 285 g/mol. The Bertz CT molecular complexity index is 593. The van der Waals surface area contributed by atoms with Gasteiger partial charge in [-0.2, -0.15) is 0 Å². The topological polar surface area (TPSA) is 21.3 Å². The number of rotatable bonds is 4. The summed E-state index contributed by atoms with van der Waals surface area (Å²) in [6.45, 7) is 2.19. The van der Waals surface area contributed by atoms with Crippen molar-refractivity contribution in [2.24, 2.45) is 5.92 Å². The van der Waals surface area contributed by atoms with E-state index in [1.54, 1.807) is 12.1 Å². The number of ether oxygens (including phenoxy) is 1. The fourth-order valence-electron chi connectivity index (χ4n) is 2.83. The molecule has 1 saturated heterocycles. The highest BCUT2D eigenvalue weighted by Gasteiger charge is 2.16. The molecule has 3 rings (SSSR count). The van der Waals surface area contributed by atoms with Crippen LogP contribution in [-0.4, -0.2) is 13.1 Å². The van der Waals surface area contributed by atoms with Crippen LogP contribution in [0.3, 0.4) is 0 Å². The quantitative estimate of drug-likeness (QED) is 0.910. The predicted octanol–water partition coefficient (Wildman–Crippen LogP) is 4.16. The molecule has 0 bridgehead atoms. The van der Waals surface area contributed by atoms with E-state index in [4.69, 9.17) is 4.74 Å². The Morgan fingerprint density at radius 3 is 2.67 bits per heavy atom. The zero-order chi connectivity index (χ0) is 14.5. The summed E-state index contributed by atoms with van der Waals surface area (Å²) in [7, 11) is 0. The second kappa shape index (κ2) is 6.72. The summed E-state index contributed by atoms with van der Waals surface area (Å²) in [5, 5.41) is 3.39. The molecule has 1 N–H and O–H groups in total. The molecule has 2 aromatic carbocycles. The maximum Gasteiger partial charge on any atom is 0.130 e. The zero-order valence-corrected chi connectivity index (χ0v) is 12.0. The average Bonchev–Trinajstić information content (AvgIpc) is 2.50. The van der Waals surface area contributed by atoms with E-state index in [-0.39, 0.29) is 5.82 Å². The van der Waals surface area contributed by atoms with Gasteiger partial charge >= 0.3 is 0 Å². The van der Waals surface area contributed by atoms with Crippen LogP contribution in [0.25, 0.3) is 0 Å². The Kier molecular flexibility index (Phi) is 4.51. The van der Waals surface area contributed by atoms with Gasteiger partial charge < -0.3 is 10.1 Å². The third-order valence-electron chi connectivity index (χ3n) is 3.96. The van der Waals surface area contributed by atoms with Crippen molar-refractivity contribution in [1.29, 1.82) is 0 Å². The van der Waals surface area contributed by atoms with Crippen LogP contribution in [0.4, 0.5) is 4.39 Å². The molecule has 2 aromatic rings. The lowest BCUT2D eigenvalue weighted by Crippen LogP contribution is -2.28. The summed E-state index contributed by atoms with van der Waals surface area (Å²) in [4.78, 5) is 0. The second-order valence-corrected chi connectivity index (χ2v) is 5.56. The van der Waals surface area contributed by atoms with Gasteiger partial charge in [0.15, 0.2) is 0 Å². The van der Waals surface area contributed by atoms with Crippen molar-refractivity contribution in [1.82, 2.24) is 5.32 Å². The Labute approximate surface area is 125 Å². The largest absolute Gasteiger partial charge is 0.457 e. The van der Waals surface area contributed by atoms with Crippen LogP contribution in [0.2, 0.25) is 0 Å². The molecule has 1 aliphatic rings. The molecule has 0 amide bonds. The van der Waals surface area contributed by atoms with Gasteiger partial charge in [0.2, 0.25) is 0 Å². The van der Waals surface area contributed by atoms with E-state index in [9.17, 15) is 4.39 Å². The minimum Gasteiger partial charge on any atom is -0.457 e. The van der Waals surface area contributed by atoms with E-state index in [1.165, 1.54) is 30.5 Å². The summed E-state index contributed by atoms with van der Waals surface area (Å²) < 4.78 is 19.1. The normalized spacial score (nSPS) is 15.9. The first-order valence-corrected chi connectivity index (χ1v) is 7.53. The van der Waals surface area contributed by atoms with Gasteiger partial charge in [-0.25, -0.2) is 4.39 Å². The number of benzene rings is 2. The van der Waals surface area contributed by atoms with Crippen molar-refractivity contribution in [2.45, 2.75) is 19.3 Å². The van der Waals surface area contributed by atoms with Crippen LogP contribution < -0.4 is 10.1 Å². The summed E-state index contributed by atoms with van der Waals surface area (Å²) >= 11 is 0. The lowest BCUT2D eigenvalue weighted by Gasteiger charge is -2.23. The maximum atomic E-state index is 13.3. The highest BCUT2D eigenvalue weighted by Crippen LogP contribution is 2.29. The van der Waals surface area contributed by atoms with Crippen molar-refractivity contribution in [3.8, 4) is 11.5 Å². The lowest BCUT2D eigenvalue weighted by molar-refractivity contribution is 0.367. The van der Waals surface area contributed by atoms with Gasteiger partial charge in [0.25, 0.3) is 0 Å². The number of hydrogen-bond acceptors (Lipinski definition) is 2. The van der Waals surface area contributed by atoms with Crippen LogP contribution in [0.5, 0.6) is 11.5 Å². The SMILES string of the molecule is Fc1cccc(Oc2ccccc2CC2CCNCC2)c1. The number of halogens is 1. The van der Waals surface area contributed by atoms with Crippen LogP contribution in [0, 0.1) is 11.7 Å². The number of para-hydroxylation sites is 1. The Balaban J connectivity index is 1.75. The number of piperidine rings is 1. The Morgan fingerprint density at radius 1 is 1.05 bits per heavy atom. The van der Waals surface area contributed by atoms with Crippen molar-refractivity contribution >= 4 is 0 Å². The van der Waals surface area contributed by atoms with Crippen LogP contribution in [-0.2, 0) is 6.42 Å². The van der Waals surface area contributed by atoms with Crippen LogP contribution >= 0.6 is 0 Å². The van der Waals surface area contributed by atoms with Gasteiger partial charge in [0, 0.05) is 6.07 Å². The van der Waals surface area contributed by atoms with E-state index >= 15 is 0 Å². The van der Waals surface area contributed by atoms with Gasteiger partial charge in [-0.15, -0.1) is 0 Å². The van der Waals surface area contributed by atoms with Crippen LogP contribution in [0.1, 0.15) is 18.4 Å². The molecule has 2 nitrogen and oxygen atoms in total. The minimum absolute atomic E-state index is 0.275. The molecule has 1 aliphatic heterocycles. The standard InChI is InChI=1S/C18H20FNO/c19-16-5-3-6-17(13-16)21-18-7-2-1-4-15(18)12-14-8-10-20-11-9-14/h1-7,13-14,20H,8-12H2. The molecule has 21 heavy (non-hydrogen) atoms. The first-order valence-electron chi connectivity index (χ1n) is 7.53. The molecule has 1 fully saturated rings. The number of nitrogens with one attached hydrogen (secondary N) is 1. The highest BCUT2D eigenvalue weighted by atomic mass is 19.1. The van der Waals surface area contributed by atoms with Crippen molar-refractivity contribution in [3.63, 3.8) is 0 Å². The Hall–Kier alpha value is -1.87. The lowest BCUT2D eigenvalue weighted by atomic mass is 9.90. The smallest absolute Gasteiger partial charge is 0.130 e. The minimum atomic E-state index is -0.275. The Morgan fingerprint density at radius 2 is 1.86 bits per heavy atom. The van der Waals surface area contributed by atoms with Gasteiger partial charge in [-0.1, -0.05) is 24.3 Å². The molecule has 3 heteroatoms. The summed E-state index contributed by atoms with van der Waals surface area (Å²) in [6, 6.07) is 14.4. The van der Waals surface area contributed by atoms with E-state index in [1.807, 2.05) is 18.2 Å². The molecule has 0 unspecified atom stereocenters. The van der Waals surface area contributed by atoms with Gasteiger partial charge in [0.1, 0.15) is 17.3 Å². The van der Waals surface area contributed by atoms with E-state index < -0.39 is 0 Å². The molecular weight excluding hydrogens is 265 g/mol. The van der Waals surface area contributed by atoms with Gasteiger partial charge in [-0.05, 0) is 62.0 Å². The molecule has 0 radical (unpaired) electrons. The third kappa shape index (κ3) is 3.82. The van der Waals surface area contributed by atoms with Gasteiger partial charge in [-0.3, -0.25) is 0 Å². The molecule has 110 valence electrons.